The minimum absolute atomic E-state index is 0.531. The molecule has 18 heavy (non-hydrogen) atoms. The minimum Gasteiger partial charge on any atom is -0.388 e. The van der Waals surface area contributed by atoms with Crippen molar-refractivity contribution in [1.82, 2.24) is 9.97 Å². The SMILES string of the molecule is CCc1c(NN)ncnc1NC(C)(C)C(C)(C)O. The van der Waals surface area contributed by atoms with Gasteiger partial charge in [-0.25, -0.2) is 15.8 Å². The zero-order valence-electron chi connectivity index (χ0n) is 11.7. The summed E-state index contributed by atoms with van der Waals surface area (Å²) < 4.78 is 0. The van der Waals surface area contributed by atoms with Gasteiger partial charge in [-0.05, 0) is 34.1 Å². The Labute approximate surface area is 108 Å². The van der Waals surface area contributed by atoms with E-state index in [4.69, 9.17) is 5.84 Å². The Morgan fingerprint density at radius 3 is 2.22 bits per heavy atom. The van der Waals surface area contributed by atoms with Crippen LogP contribution >= 0.6 is 0 Å². The molecule has 0 amide bonds. The molecule has 0 bridgehead atoms. The van der Waals surface area contributed by atoms with Crippen LogP contribution in [0.4, 0.5) is 11.6 Å². The van der Waals surface area contributed by atoms with E-state index >= 15 is 0 Å². The molecule has 1 heterocycles. The van der Waals surface area contributed by atoms with Gasteiger partial charge in [0, 0.05) is 5.56 Å². The number of nitrogen functional groups attached to an aromatic ring is 1. The first-order chi connectivity index (χ1) is 8.23. The van der Waals surface area contributed by atoms with Crippen molar-refractivity contribution in [1.29, 1.82) is 0 Å². The van der Waals surface area contributed by atoms with Gasteiger partial charge in [0.25, 0.3) is 0 Å². The fourth-order valence-electron chi connectivity index (χ4n) is 1.43. The molecule has 0 aliphatic carbocycles. The van der Waals surface area contributed by atoms with Crippen LogP contribution in [-0.2, 0) is 6.42 Å². The third-order valence-corrected chi connectivity index (χ3v) is 3.40. The van der Waals surface area contributed by atoms with Gasteiger partial charge in [-0.15, -0.1) is 0 Å². The van der Waals surface area contributed by atoms with Crippen LogP contribution in [0.15, 0.2) is 6.33 Å². The second-order valence-corrected chi connectivity index (χ2v) is 5.36. The number of aromatic nitrogens is 2. The maximum atomic E-state index is 10.2. The fourth-order valence-corrected chi connectivity index (χ4v) is 1.43. The monoisotopic (exact) mass is 253 g/mol. The van der Waals surface area contributed by atoms with E-state index in [0.717, 1.165) is 12.0 Å². The van der Waals surface area contributed by atoms with E-state index in [-0.39, 0.29) is 0 Å². The predicted octanol–water partition coefficient (Wildman–Crippen LogP) is 1.29. The lowest BCUT2D eigenvalue weighted by molar-refractivity contribution is 0.0238. The van der Waals surface area contributed by atoms with Crippen LogP contribution in [0.2, 0.25) is 0 Å². The lowest BCUT2D eigenvalue weighted by Gasteiger charge is -2.38. The highest BCUT2D eigenvalue weighted by Gasteiger charge is 2.35. The summed E-state index contributed by atoms with van der Waals surface area (Å²) in [6.07, 6.45) is 2.18. The van der Waals surface area contributed by atoms with E-state index in [1.807, 2.05) is 20.8 Å². The normalized spacial score (nSPS) is 12.4. The zero-order valence-corrected chi connectivity index (χ0v) is 11.7. The average molecular weight is 253 g/mol. The summed E-state index contributed by atoms with van der Waals surface area (Å²) >= 11 is 0. The lowest BCUT2D eigenvalue weighted by atomic mass is 9.86. The third kappa shape index (κ3) is 2.88. The van der Waals surface area contributed by atoms with Gasteiger partial charge >= 0.3 is 0 Å². The van der Waals surface area contributed by atoms with E-state index in [2.05, 4.69) is 20.7 Å². The van der Waals surface area contributed by atoms with Crippen molar-refractivity contribution in [3.05, 3.63) is 11.9 Å². The van der Waals surface area contributed by atoms with Gasteiger partial charge in [0.1, 0.15) is 18.0 Å². The number of hydrogen-bond acceptors (Lipinski definition) is 6. The molecule has 0 aliphatic heterocycles. The highest BCUT2D eigenvalue weighted by atomic mass is 16.3. The van der Waals surface area contributed by atoms with Crippen LogP contribution in [0.3, 0.4) is 0 Å². The molecule has 0 radical (unpaired) electrons. The van der Waals surface area contributed by atoms with Crippen LogP contribution in [0.25, 0.3) is 0 Å². The van der Waals surface area contributed by atoms with E-state index in [9.17, 15) is 5.11 Å². The van der Waals surface area contributed by atoms with E-state index < -0.39 is 11.1 Å². The van der Waals surface area contributed by atoms with Crippen molar-refractivity contribution in [2.24, 2.45) is 5.84 Å². The highest BCUT2D eigenvalue weighted by Crippen LogP contribution is 2.28. The molecular formula is C12H23N5O. The van der Waals surface area contributed by atoms with Crippen molar-refractivity contribution >= 4 is 11.6 Å². The molecule has 1 aromatic rings. The first kappa shape index (κ1) is 14.7. The van der Waals surface area contributed by atoms with E-state index in [0.29, 0.717) is 11.6 Å². The minimum atomic E-state index is -0.890. The standard InChI is InChI=1S/C12H23N5O/c1-6-8-9(14-7-15-10(8)17-13)16-11(2,3)12(4,5)18/h7,18H,6,13H2,1-5H3,(H2,14,15,16,17). The van der Waals surface area contributed by atoms with Crippen LogP contribution in [-0.4, -0.2) is 26.2 Å². The van der Waals surface area contributed by atoms with Gasteiger partial charge in [-0.1, -0.05) is 6.92 Å². The summed E-state index contributed by atoms with van der Waals surface area (Å²) in [6.45, 7) is 9.36. The fraction of sp³-hybridized carbons (Fsp3) is 0.667. The smallest absolute Gasteiger partial charge is 0.148 e. The molecule has 1 rings (SSSR count). The van der Waals surface area contributed by atoms with Gasteiger partial charge < -0.3 is 15.8 Å². The molecule has 0 saturated heterocycles. The topological polar surface area (TPSA) is 96.1 Å². The Morgan fingerprint density at radius 2 is 1.78 bits per heavy atom. The second-order valence-electron chi connectivity index (χ2n) is 5.36. The number of aliphatic hydroxyl groups is 1. The molecule has 1 aromatic heterocycles. The Kier molecular flexibility index (Phi) is 4.13. The van der Waals surface area contributed by atoms with Gasteiger partial charge in [-0.3, -0.25) is 0 Å². The molecule has 6 nitrogen and oxygen atoms in total. The number of hydrazine groups is 1. The van der Waals surface area contributed by atoms with Gasteiger partial charge in [0.2, 0.25) is 0 Å². The molecule has 0 fully saturated rings. The summed E-state index contributed by atoms with van der Waals surface area (Å²) in [6, 6.07) is 0. The van der Waals surface area contributed by atoms with E-state index in [1.165, 1.54) is 6.33 Å². The number of anilines is 2. The van der Waals surface area contributed by atoms with Gasteiger partial charge in [0.05, 0.1) is 11.1 Å². The first-order valence-electron chi connectivity index (χ1n) is 6.04. The van der Waals surface area contributed by atoms with Crippen molar-refractivity contribution in [2.45, 2.75) is 52.2 Å². The summed E-state index contributed by atoms with van der Waals surface area (Å²) in [5, 5.41) is 13.4. The van der Waals surface area contributed by atoms with Crippen LogP contribution in [0.1, 0.15) is 40.2 Å². The lowest BCUT2D eigenvalue weighted by Crippen LogP contribution is -2.51. The van der Waals surface area contributed by atoms with Gasteiger partial charge in [-0.2, -0.15) is 0 Å². The maximum absolute atomic E-state index is 10.2. The van der Waals surface area contributed by atoms with Crippen molar-refractivity contribution < 1.29 is 5.11 Å². The number of nitrogens with one attached hydrogen (secondary N) is 2. The number of rotatable bonds is 5. The predicted molar refractivity (Wildman–Crippen MR) is 73.2 cm³/mol. The summed E-state index contributed by atoms with van der Waals surface area (Å²) in [4.78, 5) is 8.30. The maximum Gasteiger partial charge on any atom is 0.148 e. The molecule has 0 aliphatic rings. The summed E-state index contributed by atoms with van der Waals surface area (Å²) in [5.74, 6) is 6.71. The van der Waals surface area contributed by atoms with Crippen molar-refractivity contribution in [3.8, 4) is 0 Å². The van der Waals surface area contributed by atoms with Crippen molar-refractivity contribution in [2.75, 3.05) is 10.7 Å². The van der Waals surface area contributed by atoms with Crippen LogP contribution in [0, 0.1) is 0 Å². The Morgan fingerprint density at radius 1 is 1.22 bits per heavy atom. The quantitative estimate of drug-likeness (QED) is 0.466. The van der Waals surface area contributed by atoms with Crippen LogP contribution in [0.5, 0.6) is 0 Å². The second kappa shape index (κ2) is 5.07. The largest absolute Gasteiger partial charge is 0.388 e. The molecule has 0 atom stereocenters. The average Bonchev–Trinajstić information content (AvgIpc) is 2.26. The molecule has 0 aromatic carbocycles. The molecule has 102 valence electrons. The molecule has 0 saturated carbocycles. The summed E-state index contributed by atoms with van der Waals surface area (Å²) in [5.41, 5.74) is 2.04. The number of nitrogens with two attached hydrogens (primary N) is 1. The number of hydrogen-bond donors (Lipinski definition) is 4. The molecular weight excluding hydrogens is 230 g/mol. The summed E-state index contributed by atoms with van der Waals surface area (Å²) in [7, 11) is 0. The highest BCUT2D eigenvalue weighted by molar-refractivity contribution is 5.58. The Bertz CT molecular complexity index is 411. The molecule has 0 unspecified atom stereocenters. The molecule has 0 spiro atoms. The van der Waals surface area contributed by atoms with Crippen molar-refractivity contribution in [3.63, 3.8) is 0 Å². The number of nitrogens with zero attached hydrogens (tertiary/aromatic N) is 2. The Hall–Kier alpha value is -1.40. The Balaban J connectivity index is 3.12. The van der Waals surface area contributed by atoms with Crippen LogP contribution < -0.4 is 16.6 Å². The molecule has 5 N–H and O–H groups in total. The molecule has 6 heteroatoms. The van der Waals surface area contributed by atoms with Gasteiger partial charge in [0.15, 0.2) is 0 Å². The third-order valence-electron chi connectivity index (χ3n) is 3.40. The van der Waals surface area contributed by atoms with E-state index in [1.54, 1.807) is 13.8 Å². The zero-order chi connectivity index (χ0) is 14.0. The first-order valence-corrected chi connectivity index (χ1v) is 6.04.